The van der Waals surface area contributed by atoms with Crippen molar-refractivity contribution in [2.24, 2.45) is 0 Å². The Morgan fingerprint density at radius 2 is 1.07 bits per heavy atom. The van der Waals surface area contributed by atoms with Gasteiger partial charge >= 0.3 is 0 Å². The highest BCUT2D eigenvalue weighted by Gasteiger charge is 2.53. The summed E-state index contributed by atoms with van der Waals surface area (Å²) in [4.78, 5) is 2.56. The number of anilines is 2. The van der Waals surface area contributed by atoms with E-state index in [0.29, 0.717) is 0 Å². The fraction of sp³-hybridized carbons (Fsp3) is 0.0857. The molecule has 5 aliphatic rings. The van der Waals surface area contributed by atoms with E-state index in [1.54, 1.807) is 0 Å². The molecular weight excluding hydrogens is 869 g/mol. The van der Waals surface area contributed by atoms with Gasteiger partial charge in [0.25, 0.3) is 0 Å². The van der Waals surface area contributed by atoms with E-state index in [1.165, 1.54) is 111 Å². The Labute approximate surface area is 420 Å². The van der Waals surface area contributed by atoms with Crippen molar-refractivity contribution in [1.82, 2.24) is 4.57 Å². The van der Waals surface area contributed by atoms with Crippen LogP contribution in [0.1, 0.15) is 71.2 Å². The first-order chi connectivity index (χ1) is 35.5. The highest BCUT2D eigenvalue weighted by atomic mass is 15.2. The number of fused-ring (bicyclic) bond motifs is 15. The van der Waals surface area contributed by atoms with Gasteiger partial charge in [0.15, 0.2) is 0 Å². The summed E-state index contributed by atoms with van der Waals surface area (Å²) in [5.74, 6) is 0. The van der Waals surface area contributed by atoms with Crippen LogP contribution in [0.2, 0.25) is 0 Å². The average molecular weight is 917 g/mol. The lowest BCUT2D eigenvalue weighted by Crippen LogP contribution is -2.26. The third kappa shape index (κ3) is 5.57. The molecule has 338 valence electrons. The lowest BCUT2D eigenvalue weighted by Gasteiger charge is -2.33. The molecule has 0 saturated carbocycles. The van der Waals surface area contributed by atoms with Crippen LogP contribution in [0.15, 0.2) is 253 Å². The Balaban J connectivity index is 0.913. The highest BCUT2D eigenvalue weighted by molar-refractivity contribution is 6.15. The van der Waals surface area contributed by atoms with Gasteiger partial charge in [-0.25, -0.2) is 0 Å². The van der Waals surface area contributed by atoms with Crippen molar-refractivity contribution < 1.29 is 0 Å². The molecule has 0 unspecified atom stereocenters. The standard InChI is InChI=1S/C70H48N2/c1-69(2)59-28-12-6-21-50(59)53-42-40-49(44-64(53)69)71(48-38-35-45(36-39-48)46-37-41-56-54-24-10-17-34-66(54)72(67(56)43-46)47-19-4-3-5-20-47)65-33-16-11-25-55(65)57-27-18-32-63-68(57)58-26-9-15-31-62(58)70(63)60-29-13-7-22-51(60)52-23-8-14-30-61(52)70/h3-17,19-26,28-35,37-38,40-44H,36,39H2,1-2H3. The lowest BCUT2D eigenvalue weighted by atomic mass is 9.69. The Morgan fingerprint density at radius 3 is 1.81 bits per heavy atom. The molecule has 0 N–H and O–H groups in total. The Hall–Kier alpha value is -8.90. The van der Waals surface area contributed by atoms with Crippen LogP contribution in [0.4, 0.5) is 11.4 Å². The summed E-state index contributed by atoms with van der Waals surface area (Å²) in [6.45, 7) is 4.76. The number of hydrogen-bond donors (Lipinski definition) is 0. The Kier molecular flexibility index (Phi) is 8.70. The van der Waals surface area contributed by atoms with Crippen LogP contribution >= 0.6 is 0 Å². The second-order valence-electron chi connectivity index (χ2n) is 20.5. The minimum absolute atomic E-state index is 0.156. The molecule has 1 aromatic heterocycles. The van der Waals surface area contributed by atoms with E-state index < -0.39 is 5.41 Å². The van der Waals surface area contributed by atoms with Crippen molar-refractivity contribution in [2.75, 3.05) is 4.90 Å². The van der Waals surface area contributed by atoms with Crippen LogP contribution < -0.4 is 4.90 Å². The van der Waals surface area contributed by atoms with E-state index in [9.17, 15) is 0 Å². The third-order valence-corrected chi connectivity index (χ3v) is 16.6. The average Bonchev–Trinajstić information content (AvgIpc) is 4.12. The molecular formula is C70H48N2. The van der Waals surface area contributed by atoms with E-state index in [2.05, 4.69) is 265 Å². The zero-order valence-corrected chi connectivity index (χ0v) is 40.2. The molecule has 0 saturated heterocycles. The topological polar surface area (TPSA) is 8.17 Å². The minimum Gasteiger partial charge on any atom is -0.314 e. The second-order valence-corrected chi connectivity index (χ2v) is 20.5. The maximum absolute atomic E-state index is 3.78. The van der Waals surface area contributed by atoms with Crippen LogP contribution in [-0.2, 0) is 10.8 Å². The molecule has 2 heteroatoms. The van der Waals surface area contributed by atoms with Crippen LogP contribution in [0, 0.1) is 0 Å². The van der Waals surface area contributed by atoms with Crippen molar-refractivity contribution in [2.45, 2.75) is 37.5 Å². The summed E-state index contributed by atoms with van der Waals surface area (Å²) < 4.78 is 2.42. The molecule has 15 rings (SSSR count). The summed E-state index contributed by atoms with van der Waals surface area (Å²) >= 11 is 0. The normalized spacial score (nSPS) is 15.9. The van der Waals surface area contributed by atoms with Crippen molar-refractivity contribution in [3.8, 4) is 27.9 Å². The molecule has 0 aliphatic heterocycles. The third-order valence-electron chi connectivity index (χ3n) is 16.6. The van der Waals surface area contributed by atoms with Gasteiger partial charge in [-0.05, 0) is 140 Å². The van der Waals surface area contributed by atoms with Gasteiger partial charge in [0.2, 0.25) is 0 Å². The molecule has 0 fully saturated rings. The minimum atomic E-state index is -0.472. The fourth-order valence-corrected chi connectivity index (χ4v) is 13.5. The van der Waals surface area contributed by atoms with E-state index in [-0.39, 0.29) is 5.41 Å². The predicted octanol–water partition coefficient (Wildman–Crippen LogP) is 17.5. The monoisotopic (exact) mass is 916 g/mol. The van der Waals surface area contributed by atoms with Gasteiger partial charge in [-0.2, -0.15) is 0 Å². The van der Waals surface area contributed by atoms with Crippen molar-refractivity contribution >= 4 is 49.9 Å². The molecule has 9 aromatic carbocycles. The number of rotatable bonds is 6. The first kappa shape index (κ1) is 40.9. The fourth-order valence-electron chi connectivity index (χ4n) is 13.5. The number of hydrogen-bond acceptors (Lipinski definition) is 1. The first-order valence-electron chi connectivity index (χ1n) is 25.4. The number of nitrogens with zero attached hydrogens (tertiary/aromatic N) is 2. The summed E-state index contributed by atoms with van der Waals surface area (Å²) in [7, 11) is 0. The Bertz CT molecular complexity index is 4160. The number of para-hydroxylation sites is 3. The quantitative estimate of drug-likeness (QED) is 0.151. The van der Waals surface area contributed by atoms with Gasteiger partial charge in [-0.15, -0.1) is 0 Å². The zero-order chi connectivity index (χ0) is 47.7. The molecule has 0 amide bonds. The first-order valence-corrected chi connectivity index (χ1v) is 25.4. The maximum atomic E-state index is 3.78. The van der Waals surface area contributed by atoms with Gasteiger partial charge in [-0.1, -0.05) is 201 Å². The summed E-state index contributed by atoms with van der Waals surface area (Å²) in [6.07, 6.45) is 8.77. The molecule has 2 nitrogen and oxygen atoms in total. The van der Waals surface area contributed by atoms with Crippen LogP contribution in [-0.4, -0.2) is 4.57 Å². The van der Waals surface area contributed by atoms with Gasteiger partial charge in [0.1, 0.15) is 0 Å². The van der Waals surface area contributed by atoms with Crippen molar-refractivity contribution in [3.63, 3.8) is 0 Å². The highest BCUT2D eigenvalue weighted by Crippen LogP contribution is 2.64. The van der Waals surface area contributed by atoms with Crippen molar-refractivity contribution in [1.29, 1.82) is 0 Å². The second kappa shape index (κ2) is 15.3. The maximum Gasteiger partial charge on any atom is 0.0732 e. The summed E-state index contributed by atoms with van der Waals surface area (Å²) in [5.41, 5.74) is 34.5. The number of aromatic nitrogens is 1. The van der Waals surface area contributed by atoms with Gasteiger partial charge in [0.05, 0.1) is 22.1 Å². The van der Waals surface area contributed by atoms with Crippen LogP contribution in [0.3, 0.4) is 0 Å². The molecule has 0 bridgehead atoms. The largest absolute Gasteiger partial charge is 0.314 e. The summed E-state index contributed by atoms with van der Waals surface area (Å²) in [6, 6.07) is 79.0. The molecule has 1 spiro atoms. The van der Waals surface area contributed by atoms with Gasteiger partial charge < -0.3 is 9.47 Å². The van der Waals surface area contributed by atoms with E-state index >= 15 is 0 Å². The molecule has 0 radical (unpaired) electrons. The number of benzene rings is 9. The van der Waals surface area contributed by atoms with Gasteiger partial charge in [0, 0.05) is 50.0 Å². The lowest BCUT2D eigenvalue weighted by molar-refractivity contribution is 0.660. The molecule has 5 aliphatic carbocycles. The molecule has 1 heterocycles. The van der Waals surface area contributed by atoms with Crippen LogP contribution in [0.5, 0.6) is 0 Å². The van der Waals surface area contributed by atoms with E-state index in [0.717, 1.165) is 35.4 Å². The number of allylic oxidation sites excluding steroid dienone is 8. The SMILES string of the molecule is CC1(C)c2ccccc2-c2ccc(N(C3=CC=C(c4ccc5c6ccccc6n(-c6ccccc6)c5c4)CC3)c3ccccc3C3=C=C=CC4=C3c3ccccc3C43c4ccccc4-c4ccccc43)cc21. The molecule has 10 aromatic rings. The van der Waals surface area contributed by atoms with Crippen LogP contribution in [0.25, 0.3) is 66.5 Å². The Morgan fingerprint density at radius 1 is 0.472 bits per heavy atom. The van der Waals surface area contributed by atoms with Crippen molar-refractivity contribution in [3.05, 3.63) is 298 Å². The molecule has 0 atom stereocenters. The summed E-state index contributed by atoms with van der Waals surface area (Å²) in [5, 5.41) is 2.54. The zero-order valence-electron chi connectivity index (χ0n) is 40.2. The van der Waals surface area contributed by atoms with E-state index in [4.69, 9.17) is 0 Å². The van der Waals surface area contributed by atoms with Gasteiger partial charge in [-0.3, -0.25) is 0 Å². The molecule has 72 heavy (non-hydrogen) atoms. The predicted molar refractivity (Wildman–Crippen MR) is 299 cm³/mol. The smallest absolute Gasteiger partial charge is 0.0732 e. The van der Waals surface area contributed by atoms with E-state index in [1.807, 2.05) is 0 Å².